The highest BCUT2D eigenvalue weighted by atomic mass is 32.2. The van der Waals surface area contributed by atoms with Gasteiger partial charge in [-0.1, -0.05) is 42.5 Å². The van der Waals surface area contributed by atoms with Gasteiger partial charge in [0.2, 0.25) is 10.0 Å². The van der Waals surface area contributed by atoms with Gasteiger partial charge in [0.1, 0.15) is 0 Å². The number of anilines is 1. The molecule has 0 fully saturated rings. The Morgan fingerprint density at radius 2 is 1.86 bits per heavy atom. The molecule has 1 heterocycles. The summed E-state index contributed by atoms with van der Waals surface area (Å²) in [5, 5.41) is 3.00. The average Bonchev–Trinajstić information content (AvgIpc) is 2.71. The average molecular weight is 416 g/mol. The third kappa shape index (κ3) is 5.81. The van der Waals surface area contributed by atoms with E-state index in [1.54, 1.807) is 11.9 Å². The zero-order valence-electron chi connectivity index (χ0n) is 17.1. The fourth-order valence-electron chi connectivity index (χ4n) is 3.62. The van der Waals surface area contributed by atoms with Gasteiger partial charge in [-0.2, -0.15) is 4.31 Å². The van der Waals surface area contributed by atoms with Gasteiger partial charge in [-0.05, 0) is 48.4 Å². The topological polar surface area (TPSA) is 69.7 Å². The molecule has 0 spiro atoms. The molecule has 0 saturated carbocycles. The summed E-state index contributed by atoms with van der Waals surface area (Å²) in [6.45, 7) is 1.48. The van der Waals surface area contributed by atoms with Crippen molar-refractivity contribution in [2.75, 3.05) is 31.7 Å². The van der Waals surface area contributed by atoms with Crippen molar-refractivity contribution in [1.29, 1.82) is 0 Å². The van der Waals surface area contributed by atoms with E-state index in [-0.39, 0.29) is 6.03 Å². The van der Waals surface area contributed by atoms with Crippen LogP contribution >= 0.6 is 0 Å². The third-order valence-electron chi connectivity index (χ3n) is 5.34. The van der Waals surface area contributed by atoms with Crippen LogP contribution in [0.1, 0.15) is 29.5 Å². The predicted molar refractivity (Wildman–Crippen MR) is 116 cm³/mol. The van der Waals surface area contributed by atoms with Crippen molar-refractivity contribution in [3.8, 4) is 0 Å². The van der Waals surface area contributed by atoms with Gasteiger partial charge < -0.3 is 10.2 Å². The van der Waals surface area contributed by atoms with E-state index in [9.17, 15) is 13.2 Å². The van der Waals surface area contributed by atoms with Crippen LogP contribution in [-0.4, -0.2) is 50.0 Å². The molecule has 3 rings (SSSR count). The molecule has 0 unspecified atom stereocenters. The number of urea groups is 1. The number of unbranched alkanes of at least 4 members (excludes halogenated alkanes) is 1. The molecule has 0 bridgehead atoms. The van der Waals surface area contributed by atoms with Gasteiger partial charge in [0.15, 0.2) is 0 Å². The van der Waals surface area contributed by atoms with Crippen LogP contribution in [0.2, 0.25) is 0 Å². The fourth-order valence-corrected chi connectivity index (χ4v) is 4.42. The summed E-state index contributed by atoms with van der Waals surface area (Å²) < 4.78 is 25.1. The van der Waals surface area contributed by atoms with Gasteiger partial charge in [-0.25, -0.2) is 13.2 Å². The summed E-state index contributed by atoms with van der Waals surface area (Å²) in [4.78, 5) is 14.3. The van der Waals surface area contributed by atoms with E-state index in [4.69, 9.17) is 0 Å². The van der Waals surface area contributed by atoms with Gasteiger partial charge in [0.25, 0.3) is 0 Å². The number of nitrogens with one attached hydrogen (secondary N) is 1. The van der Waals surface area contributed by atoms with Crippen molar-refractivity contribution in [3.63, 3.8) is 0 Å². The van der Waals surface area contributed by atoms with Crippen molar-refractivity contribution in [2.45, 2.75) is 32.2 Å². The lowest BCUT2D eigenvalue weighted by Gasteiger charge is -2.28. The largest absolute Gasteiger partial charge is 0.328 e. The highest BCUT2D eigenvalue weighted by Gasteiger charge is 2.25. The van der Waals surface area contributed by atoms with Crippen LogP contribution in [-0.2, 0) is 29.4 Å². The number of benzene rings is 2. The smallest absolute Gasteiger partial charge is 0.321 e. The number of fused-ring (bicyclic) bond motifs is 1. The first kappa shape index (κ1) is 21.3. The highest BCUT2D eigenvalue weighted by molar-refractivity contribution is 7.88. The number of carbonyl (C=O) groups is 1. The minimum atomic E-state index is -3.21. The molecule has 0 radical (unpaired) electrons. The lowest BCUT2D eigenvalue weighted by molar-refractivity contribution is 0.221. The standard InChI is InChI=1S/C22H29N3O3S/c1-24(15-7-6-11-18-9-4-3-5-10-18)22(26)23-21-13-8-12-19-17-25(29(2,27)28)16-14-20(19)21/h3-5,8-10,12-13H,6-7,11,14-17H2,1-2H3,(H,23,26). The minimum Gasteiger partial charge on any atom is -0.328 e. The van der Waals surface area contributed by atoms with Gasteiger partial charge >= 0.3 is 6.03 Å². The summed E-state index contributed by atoms with van der Waals surface area (Å²) in [5.74, 6) is 0. The molecule has 0 saturated heterocycles. The number of amides is 2. The second kappa shape index (κ2) is 9.41. The van der Waals surface area contributed by atoms with E-state index in [1.807, 2.05) is 36.4 Å². The second-order valence-electron chi connectivity index (χ2n) is 7.58. The monoisotopic (exact) mass is 415 g/mol. The molecule has 0 aliphatic carbocycles. The molecule has 0 atom stereocenters. The Morgan fingerprint density at radius 3 is 2.59 bits per heavy atom. The number of rotatable bonds is 7. The zero-order chi connectivity index (χ0) is 20.9. The summed E-state index contributed by atoms with van der Waals surface area (Å²) >= 11 is 0. The molecular weight excluding hydrogens is 386 g/mol. The summed E-state index contributed by atoms with van der Waals surface area (Å²) in [7, 11) is -1.41. The van der Waals surface area contributed by atoms with Gasteiger partial charge in [-0.3, -0.25) is 0 Å². The number of nitrogens with zero attached hydrogens (tertiary/aromatic N) is 2. The van der Waals surface area contributed by atoms with Crippen LogP contribution in [0, 0.1) is 0 Å². The van der Waals surface area contributed by atoms with E-state index in [0.717, 1.165) is 36.1 Å². The van der Waals surface area contributed by atoms with Crippen LogP contribution in [0.15, 0.2) is 48.5 Å². The van der Waals surface area contributed by atoms with Crippen LogP contribution in [0.5, 0.6) is 0 Å². The summed E-state index contributed by atoms with van der Waals surface area (Å²) in [6.07, 6.45) is 4.81. The van der Waals surface area contributed by atoms with Gasteiger partial charge in [0.05, 0.1) is 6.26 Å². The first-order chi connectivity index (χ1) is 13.8. The van der Waals surface area contributed by atoms with Gasteiger partial charge in [-0.15, -0.1) is 0 Å². The molecule has 0 aromatic heterocycles. The van der Waals surface area contributed by atoms with Crippen molar-refractivity contribution in [3.05, 3.63) is 65.2 Å². The van der Waals surface area contributed by atoms with Crippen LogP contribution in [0.4, 0.5) is 10.5 Å². The van der Waals surface area contributed by atoms with Crippen molar-refractivity contribution < 1.29 is 13.2 Å². The lowest BCUT2D eigenvalue weighted by atomic mass is 9.99. The van der Waals surface area contributed by atoms with Crippen molar-refractivity contribution in [1.82, 2.24) is 9.21 Å². The molecule has 156 valence electrons. The maximum absolute atomic E-state index is 12.6. The molecule has 1 N–H and O–H groups in total. The quantitative estimate of drug-likeness (QED) is 0.704. The molecule has 1 aliphatic rings. The highest BCUT2D eigenvalue weighted by Crippen LogP contribution is 2.27. The van der Waals surface area contributed by atoms with Crippen molar-refractivity contribution in [2.24, 2.45) is 0 Å². The maximum Gasteiger partial charge on any atom is 0.321 e. The first-order valence-corrected chi connectivity index (χ1v) is 11.8. The normalized spacial score (nSPS) is 14.3. The maximum atomic E-state index is 12.6. The SMILES string of the molecule is CN(CCCCc1ccccc1)C(=O)Nc1cccc2c1CCN(S(C)(=O)=O)C2. The van der Waals surface area contributed by atoms with Crippen LogP contribution < -0.4 is 5.32 Å². The zero-order valence-corrected chi connectivity index (χ0v) is 17.9. The Hall–Kier alpha value is -2.38. The number of carbonyl (C=O) groups excluding carboxylic acids is 1. The third-order valence-corrected chi connectivity index (χ3v) is 6.59. The molecule has 1 aliphatic heterocycles. The molecule has 2 aromatic rings. The Bertz CT molecular complexity index is 945. The fraction of sp³-hybridized carbons (Fsp3) is 0.409. The Balaban J connectivity index is 1.53. The van der Waals surface area contributed by atoms with E-state index in [0.29, 0.717) is 26.1 Å². The van der Waals surface area contributed by atoms with E-state index >= 15 is 0 Å². The number of sulfonamides is 1. The first-order valence-electron chi connectivity index (χ1n) is 9.96. The number of hydrogen-bond acceptors (Lipinski definition) is 3. The Labute approximate surface area is 173 Å². The lowest BCUT2D eigenvalue weighted by Crippen LogP contribution is -2.36. The van der Waals surface area contributed by atoms with Crippen LogP contribution in [0.3, 0.4) is 0 Å². The van der Waals surface area contributed by atoms with E-state index in [1.165, 1.54) is 16.1 Å². The van der Waals surface area contributed by atoms with Gasteiger partial charge in [0, 0.05) is 32.4 Å². The number of aryl methyl sites for hydroxylation is 1. The van der Waals surface area contributed by atoms with Crippen LogP contribution in [0.25, 0.3) is 0 Å². The summed E-state index contributed by atoms with van der Waals surface area (Å²) in [6, 6.07) is 15.9. The Morgan fingerprint density at radius 1 is 1.10 bits per heavy atom. The molecule has 7 heteroatoms. The minimum absolute atomic E-state index is 0.136. The predicted octanol–water partition coefficient (Wildman–Crippen LogP) is 3.49. The van der Waals surface area contributed by atoms with Crippen molar-refractivity contribution >= 4 is 21.7 Å². The second-order valence-corrected chi connectivity index (χ2v) is 9.57. The van der Waals surface area contributed by atoms with E-state index in [2.05, 4.69) is 17.4 Å². The molecule has 2 aromatic carbocycles. The Kier molecular flexibility index (Phi) is 6.92. The van der Waals surface area contributed by atoms with E-state index < -0.39 is 10.0 Å². The molecule has 29 heavy (non-hydrogen) atoms. The molecular formula is C22H29N3O3S. The molecule has 6 nitrogen and oxygen atoms in total. The number of hydrogen-bond donors (Lipinski definition) is 1. The summed E-state index contributed by atoms with van der Waals surface area (Å²) in [5.41, 5.74) is 4.07. The molecule has 2 amide bonds.